The van der Waals surface area contributed by atoms with Crippen molar-refractivity contribution in [1.82, 2.24) is 9.80 Å². The van der Waals surface area contributed by atoms with E-state index in [4.69, 9.17) is 0 Å². The SMILES string of the molecule is CC(C)N1CCCC2(CCCN2C(=O)C=Cc2ccccc2)C1=O. The summed E-state index contributed by atoms with van der Waals surface area (Å²) in [6.07, 6.45) is 6.91. The van der Waals surface area contributed by atoms with Crippen LogP contribution in [-0.4, -0.2) is 46.3 Å². The maximum absolute atomic E-state index is 13.1. The number of rotatable bonds is 3. The van der Waals surface area contributed by atoms with E-state index < -0.39 is 5.54 Å². The van der Waals surface area contributed by atoms with Crippen LogP contribution in [0.1, 0.15) is 45.1 Å². The van der Waals surface area contributed by atoms with Gasteiger partial charge in [0.15, 0.2) is 0 Å². The third kappa shape index (κ3) is 2.97. The van der Waals surface area contributed by atoms with Crippen LogP contribution in [0.3, 0.4) is 0 Å². The van der Waals surface area contributed by atoms with Gasteiger partial charge in [0.05, 0.1) is 0 Å². The van der Waals surface area contributed by atoms with E-state index in [1.165, 1.54) is 0 Å². The summed E-state index contributed by atoms with van der Waals surface area (Å²) in [7, 11) is 0. The Morgan fingerprint density at radius 1 is 1.12 bits per heavy atom. The van der Waals surface area contributed by atoms with Crippen molar-refractivity contribution in [3.63, 3.8) is 0 Å². The lowest BCUT2D eigenvalue weighted by molar-refractivity contribution is -0.155. The van der Waals surface area contributed by atoms with Gasteiger partial charge in [-0.05, 0) is 51.2 Å². The highest BCUT2D eigenvalue weighted by Crippen LogP contribution is 2.39. The van der Waals surface area contributed by atoms with Crippen LogP contribution in [0.4, 0.5) is 0 Å². The zero-order chi connectivity index (χ0) is 17.2. The van der Waals surface area contributed by atoms with Crippen molar-refractivity contribution in [2.45, 2.75) is 51.1 Å². The molecule has 128 valence electrons. The Hall–Kier alpha value is -2.10. The largest absolute Gasteiger partial charge is 0.338 e. The van der Waals surface area contributed by atoms with Gasteiger partial charge in [-0.2, -0.15) is 0 Å². The molecule has 1 aromatic carbocycles. The molecule has 0 aromatic heterocycles. The van der Waals surface area contributed by atoms with Crippen LogP contribution < -0.4 is 0 Å². The standard InChI is InChI=1S/C20H26N2O2/c1-16(2)21-14-6-12-20(19(21)24)13-7-15-22(20)18(23)11-10-17-8-4-3-5-9-17/h3-5,8-11,16H,6-7,12-15H2,1-2H3. The Labute approximate surface area is 144 Å². The normalized spacial score (nSPS) is 24.5. The summed E-state index contributed by atoms with van der Waals surface area (Å²) in [4.78, 5) is 29.6. The Morgan fingerprint density at radius 3 is 2.46 bits per heavy atom. The zero-order valence-corrected chi connectivity index (χ0v) is 14.6. The summed E-state index contributed by atoms with van der Waals surface area (Å²) < 4.78 is 0. The van der Waals surface area contributed by atoms with Gasteiger partial charge in [-0.15, -0.1) is 0 Å². The molecule has 2 amide bonds. The summed E-state index contributed by atoms with van der Waals surface area (Å²) in [6, 6.07) is 9.98. The highest BCUT2D eigenvalue weighted by molar-refractivity contribution is 5.98. The van der Waals surface area contributed by atoms with Gasteiger partial charge in [-0.3, -0.25) is 9.59 Å². The number of hydrogen-bond acceptors (Lipinski definition) is 2. The second-order valence-electron chi connectivity index (χ2n) is 7.06. The van der Waals surface area contributed by atoms with E-state index in [2.05, 4.69) is 0 Å². The second-order valence-corrected chi connectivity index (χ2v) is 7.06. The number of carbonyl (C=O) groups excluding carboxylic acids is 2. The minimum absolute atomic E-state index is 0.0460. The van der Waals surface area contributed by atoms with Crippen LogP contribution >= 0.6 is 0 Å². The second kappa shape index (κ2) is 6.80. The molecule has 1 unspecified atom stereocenters. The van der Waals surface area contributed by atoms with Crippen molar-refractivity contribution in [3.05, 3.63) is 42.0 Å². The maximum atomic E-state index is 13.1. The van der Waals surface area contributed by atoms with Crippen LogP contribution in [0.25, 0.3) is 6.08 Å². The van der Waals surface area contributed by atoms with E-state index in [1.54, 1.807) is 6.08 Å². The van der Waals surface area contributed by atoms with Gasteiger partial charge in [0.2, 0.25) is 11.8 Å². The molecule has 2 heterocycles. The van der Waals surface area contributed by atoms with Gasteiger partial charge in [0, 0.05) is 25.2 Å². The van der Waals surface area contributed by atoms with Crippen LogP contribution in [0, 0.1) is 0 Å². The number of carbonyl (C=O) groups is 2. The number of nitrogens with zero attached hydrogens (tertiary/aromatic N) is 2. The highest BCUT2D eigenvalue weighted by Gasteiger charge is 2.52. The minimum atomic E-state index is -0.610. The van der Waals surface area contributed by atoms with Gasteiger partial charge in [-0.25, -0.2) is 0 Å². The molecule has 4 heteroatoms. The topological polar surface area (TPSA) is 40.6 Å². The van der Waals surface area contributed by atoms with E-state index >= 15 is 0 Å². The fraction of sp³-hybridized carbons (Fsp3) is 0.500. The molecule has 2 aliphatic heterocycles. The van der Waals surface area contributed by atoms with Crippen LogP contribution in [0.5, 0.6) is 0 Å². The molecule has 1 spiro atoms. The lowest BCUT2D eigenvalue weighted by atomic mass is 9.84. The van der Waals surface area contributed by atoms with Crippen molar-refractivity contribution in [2.75, 3.05) is 13.1 Å². The Bertz CT molecular complexity index is 638. The van der Waals surface area contributed by atoms with Gasteiger partial charge < -0.3 is 9.80 Å². The smallest absolute Gasteiger partial charge is 0.248 e. The summed E-state index contributed by atoms with van der Waals surface area (Å²) in [5, 5.41) is 0. The average molecular weight is 326 g/mol. The number of benzene rings is 1. The lowest BCUT2D eigenvalue weighted by Gasteiger charge is -2.45. The van der Waals surface area contributed by atoms with E-state index in [-0.39, 0.29) is 17.9 Å². The molecule has 0 radical (unpaired) electrons. The maximum Gasteiger partial charge on any atom is 0.248 e. The molecular weight excluding hydrogens is 300 g/mol. The van der Waals surface area contributed by atoms with Gasteiger partial charge in [0.25, 0.3) is 0 Å². The summed E-state index contributed by atoms with van der Waals surface area (Å²) in [5.41, 5.74) is 0.388. The average Bonchev–Trinajstić information content (AvgIpc) is 3.00. The van der Waals surface area contributed by atoms with Gasteiger partial charge in [0.1, 0.15) is 5.54 Å². The van der Waals surface area contributed by atoms with Crippen LogP contribution in [0.2, 0.25) is 0 Å². The molecular formula is C20H26N2O2. The number of piperidine rings is 1. The molecule has 0 bridgehead atoms. The molecule has 1 atom stereocenters. The monoisotopic (exact) mass is 326 g/mol. The van der Waals surface area contributed by atoms with Crippen molar-refractivity contribution in [3.8, 4) is 0 Å². The summed E-state index contributed by atoms with van der Waals surface area (Å²) in [6.45, 7) is 5.58. The Kier molecular flexibility index (Phi) is 4.74. The van der Waals surface area contributed by atoms with Crippen molar-refractivity contribution in [1.29, 1.82) is 0 Å². The minimum Gasteiger partial charge on any atom is -0.338 e. The molecule has 0 saturated carbocycles. The molecule has 0 N–H and O–H groups in total. The van der Waals surface area contributed by atoms with Crippen molar-refractivity contribution in [2.24, 2.45) is 0 Å². The van der Waals surface area contributed by atoms with E-state index in [0.717, 1.165) is 37.8 Å². The first-order valence-electron chi connectivity index (χ1n) is 8.90. The predicted molar refractivity (Wildman–Crippen MR) is 95.2 cm³/mol. The van der Waals surface area contributed by atoms with Crippen molar-refractivity contribution >= 4 is 17.9 Å². The van der Waals surface area contributed by atoms with E-state index in [9.17, 15) is 9.59 Å². The molecule has 2 fully saturated rings. The number of likely N-dealkylation sites (tertiary alicyclic amines) is 2. The quantitative estimate of drug-likeness (QED) is 0.801. The molecule has 2 saturated heterocycles. The molecule has 2 aliphatic rings. The lowest BCUT2D eigenvalue weighted by Crippen LogP contribution is -2.62. The highest BCUT2D eigenvalue weighted by atomic mass is 16.2. The third-order valence-electron chi connectivity index (χ3n) is 5.24. The van der Waals surface area contributed by atoms with Crippen LogP contribution in [-0.2, 0) is 9.59 Å². The molecule has 1 aromatic rings. The Balaban J connectivity index is 1.81. The summed E-state index contributed by atoms with van der Waals surface area (Å²) in [5.74, 6) is 0.0954. The predicted octanol–water partition coefficient (Wildman–Crippen LogP) is 3.09. The first-order chi connectivity index (χ1) is 11.5. The van der Waals surface area contributed by atoms with Crippen LogP contribution in [0.15, 0.2) is 36.4 Å². The van der Waals surface area contributed by atoms with Crippen molar-refractivity contribution < 1.29 is 9.59 Å². The summed E-state index contributed by atoms with van der Waals surface area (Å²) >= 11 is 0. The van der Waals surface area contributed by atoms with E-state index in [1.807, 2.05) is 60.1 Å². The fourth-order valence-corrected chi connectivity index (χ4v) is 4.01. The zero-order valence-electron chi connectivity index (χ0n) is 14.6. The van der Waals surface area contributed by atoms with E-state index in [0.29, 0.717) is 6.54 Å². The number of hydrogen-bond donors (Lipinski definition) is 0. The van der Waals surface area contributed by atoms with Gasteiger partial charge in [-0.1, -0.05) is 30.3 Å². The Morgan fingerprint density at radius 2 is 1.79 bits per heavy atom. The molecule has 24 heavy (non-hydrogen) atoms. The third-order valence-corrected chi connectivity index (χ3v) is 5.24. The molecule has 4 nitrogen and oxygen atoms in total. The number of amides is 2. The molecule has 0 aliphatic carbocycles. The first-order valence-corrected chi connectivity index (χ1v) is 8.90. The fourth-order valence-electron chi connectivity index (χ4n) is 4.01. The first kappa shape index (κ1) is 16.7. The van der Waals surface area contributed by atoms with Gasteiger partial charge >= 0.3 is 0 Å². The molecule has 3 rings (SSSR count).